The second-order valence-corrected chi connectivity index (χ2v) is 6.56. The molecule has 1 heterocycles. The van der Waals surface area contributed by atoms with Crippen LogP contribution in [-0.4, -0.2) is 21.7 Å². The molecule has 0 spiro atoms. The van der Waals surface area contributed by atoms with Crippen molar-refractivity contribution in [1.29, 1.82) is 0 Å². The summed E-state index contributed by atoms with van der Waals surface area (Å²) in [5.74, 6) is 1.80. The minimum atomic E-state index is 0.218. The molecule has 0 aliphatic rings. The second kappa shape index (κ2) is 6.27. The maximum Gasteiger partial charge on any atom is 0.152 e. The predicted molar refractivity (Wildman–Crippen MR) is 83.2 cm³/mol. The monoisotopic (exact) mass is 292 g/mol. The molecule has 0 radical (unpaired) electrons. The van der Waals surface area contributed by atoms with Crippen molar-refractivity contribution < 1.29 is 0 Å². The van der Waals surface area contributed by atoms with Gasteiger partial charge in [0.1, 0.15) is 5.82 Å². The molecule has 0 unspecified atom stereocenters. The molecule has 0 saturated heterocycles. The topological polar surface area (TPSA) is 53.6 Å². The third-order valence-electron chi connectivity index (χ3n) is 2.78. The lowest BCUT2D eigenvalue weighted by Crippen LogP contribution is -2.10. The van der Waals surface area contributed by atoms with Crippen LogP contribution >= 0.6 is 11.6 Å². The van der Waals surface area contributed by atoms with Gasteiger partial charge in [-0.1, -0.05) is 38.4 Å². The molecule has 5 heteroatoms. The van der Waals surface area contributed by atoms with E-state index in [0.717, 1.165) is 41.7 Å². The highest BCUT2D eigenvalue weighted by atomic mass is 35.5. The third-order valence-corrected chi connectivity index (χ3v) is 3.01. The number of halogens is 1. The standard InChI is InChI=1S/C15H21ClN4/c1-15(2,3)10-14-18-13(19-20-14)7-8-17-12-6-4-5-11(16)9-12/h4-6,9,17H,7-8,10H2,1-3H3,(H,18,19,20). The van der Waals surface area contributed by atoms with E-state index in [1.54, 1.807) is 0 Å². The van der Waals surface area contributed by atoms with E-state index >= 15 is 0 Å². The molecule has 4 nitrogen and oxygen atoms in total. The van der Waals surface area contributed by atoms with Crippen molar-refractivity contribution in [2.75, 3.05) is 11.9 Å². The Hall–Kier alpha value is -1.55. The molecule has 0 aliphatic heterocycles. The van der Waals surface area contributed by atoms with E-state index in [0.29, 0.717) is 0 Å². The Morgan fingerprint density at radius 1 is 1.30 bits per heavy atom. The van der Waals surface area contributed by atoms with E-state index in [1.807, 2.05) is 24.3 Å². The fraction of sp³-hybridized carbons (Fsp3) is 0.467. The van der Waals surface area contributed by atoms with Crippen molar-refractivity contribution in [3.05, 3.63) is 40.9 Å². The van der Waals surface area contributed by atoms with Crippen LogP contribution < -0.4 is 5.32 Å². The van der Waals surface area contributed by atoms with Crippen molar-refractivity contribution in [1.82, 2.24) is 15.2 Å². The van der Waals surface area contributed by atoms with Gasteiger partial charge in [-0.2, -0.15) is 5.10 Å². The Bertz CT molecular complexity index is 557. The zero-order valence-electron chi connectivity index (χ0n) is 12.2. The van der Waals surface area contributed by atoms with Gasteiger partial charge in [-0.05, 0) is 23.6 Å². The molecule has 0 amide bonds. The van der Waals surface area contributed by atoms with Crippen LogP contribution in [-0.2, 0) is 12.8 Å². The summed E-state index contributed by atoms with van der Waals surface area (Å²) in [5.41, 5.74) is 1.23. The Morgan fingerprint density at radius 3 is 2.80 bits per heavy atom. The first-order valence-electron chi connectivity index (χ1n) is 6.82. The van der Waals surface area contributed by atoms with Gasteiger partial charge in [0.25, 0.3) is 0 Å². The normalized spacial score (nSPS) is 11.6. The summed E-state index contributed by atoms with van der Waals surface area (Å²) in [7, 11) is 0. The molecule has 20 heavy (non-hydrogen) atoms. The first kappa shape index (κ1) is 14.9. The summed E-state index contributed by atoms with van der Waals surface area (Å²) in [4.78, 5) is 4.51. The van der Waals surface area contributed by atoms with Gasteiger partial charge >= 0.3 is 0 Å². The van der Waals surface area contributed by atoms with Crippen LogP contribution in [0.5, 0.6) is 0 Å². The number of nitrogens with one attached hydrogen (secondary N) is 2. The molecule has 0 fully saturated rings. The molecule has 2 N–H and O–H groups in total. The number of rotatable bonds is 5. The fourth-order valence-electron chi connectivity index (χ4n) is 1.95. The molecular formula is C15H21ClN4. The highest BCUT2D eigenvalue weighted by molar-refractivity contribution is 6.30. The molecule has 2 rings (SSSR count). The first-order chi connectivity index (χ1) is 9.42. The third kappa shape index (κ3) is 4.85. The minimum Gasteiger partial charge on any atom is -0.385 e. The van der Waals surface area contributed by atoms with Crippen LogP contribution in [0.2, 0.25) is 5.02 Å². The molecule has 0 atom stereocenters. The number of hydrogen-bond acceptors (Lipinski definition) is 3. The quantitative estimate of drug-likeness (QED) is 0.883. The number of H-pyrrole nitrogens is 1. The van der Waals surface area contributed by atoms with Crippen molar-refractivity contribution in [2.45, 2.75) is 33.6 Å². The number of benzene rings is 1. The lowest BCUT2D eigenvalue weighted by atomic mass is 9.92. The van der Waals surface area contributed by atoms with Crippen LogP contribution in [0.3, 0.4) is 0 Å². The summed E-state index contributed by atoms with van der Waals surface area (Å²) in [6.45, 7) is 7.36. The van der Waals surface area contributed by atoms with E-state index in [4.69, 9.17) is 11.6 Å². The fourth-order valence-corrected chi connectivity index (χ4v) is 2.14. The molecule has 2 aromatic rings. The molecule has 0 aliphatic carbocycles. The van der Waals surface area contributed by atoms with E-state index in [-0.39, 0.29) is 5.41 Å². The van der Waals surface area contributed by atoms with Crippen LogP contribution in [0.15, 0.2) is 24.3 Å². The van der Waals surface area contributed by atoms with Gasteiger partial charge in [-0.15, -0.1) is 0 Å². The minimum absolute atomic E-state index is 0.218. The molecule has 1 aromatic heterocycles. The maximum atomic E-state index is 5.94. The number of anilines is 1. The molecule has 0 bridgehead atoms. The lowest BCUT2D eigenvalue weighted by Gasteiger charge is -2.15. The molecule has 108 valence electrons. The highest BCUT2D eigenvalue weighted by Crippen LogP contribution is 2.18. The number of aromatic nitrogens is 3. The smallest absolute Gasteiger partial charge is 0.152 e. The first-order valence-corrected chi connectivity index (χ1v) is 7.20. The largest absolute Gasteiger partial charge is 0.385 e. The van der Waals surface area contributed by atoms with Gasteiger partial charge < -0.3 is 5.32 Å². The number of aromatic amines is 1. The lowest BCUT2D eigenvalue weighted by molar-refractivity contribution is 0.401. The SMILES string of the molecule is CC(C)(C)Cc1nc(CCNc2cccc(Cl)c2)n[nH]1. The number of nitrogens with zero attached hydrogens (tertiary/aromatic N) is 2. The van der Waals surface area contributed by atoms with Gasteiger partial charge in [-0.3, -0.25) is 5.10 Å². The Balaban J connectivity index is 1.83. The maximum absolute atomic E-state index is 5.94. The highest BCUT2D eigenvalue weighted by Gasteiger charge is 2.14. The van der Waals surface area contributed by atoms with Crippen LogP contribution in [0.4, 0.5) is 5.69 Å². The Morgan fingerprint density at radius 2 is 2.10 bits per heavy atom. The Labute approximate surface area is 125 Å². The summed E-state index contributed by atoms with van der Waals surface area (Å²) in [6.07, 6.45) is 1.69. The molecule has 0 saturated carbocycles. The van der Waals surface area contributed by atoms with Gasteiger partial charge in [0.2, 0.25) is 0 Å². The van der Waals surface area contributed by atoms with E-state index in [1.165, 1.54) is 0 Å². The average Bonchev–Trinajstić information content (AvgIpc) is 2.74. The zero-order chi connectivity index (χ0) is 14.6. The van der Waals surface area contributed by atoms with Gasteiger partial charge in [0, 0.05) is 30.1 Å². The van der Waals surface area contributed by atoms with Gasteiger partial charge in [-0.25, -0.2) is 4.98 Å². The van der Waals surface area contributed by atoms with Crippen molar-refractivity contribution in [3.8, 4) is 0 Å². The van der Waals surface area contributed by atoms with Crippen LogP contribution in [0.1, 0.15) is 32.4 Å². The molecule has 1 aromatic carbocycles. The summed E-state index contributed by atoms with van der Waals surface area (Å²) < 4.78 is 0. The number of hydrogen-bond donors (Lipinski definition) is 2. The van der Waals surface area contributed by atoms with E-state index in [2.05, 4.69) is 41.3 Å². The van der Waals surface area contributed by atoms with Gasteiger partial charge in [0.15, 0.2) is 5.82 Å². The Kier molecular flexibility index (Phi) is 4.65. The van der Waals surface area contributed by atoms with E-state index in [9.17, 15) is 0 Å². The summed E-state index contributed by atoms with van der Waals surface area (Å²) in [5, 5.41) is 11.3. The van der Waals surface area contributed by atoms with Crippen molar-refractivity contribution in [2.24, 2.45) is 5.41 Å². The summed E-state index contributed by atoms with van der Waals surface area (Å²) in [6, 6.07) is 7.69. The average molecular weight is 293 g/mol. The van der Waals surface area contributed by atoms with Crippen molar-refractivity contribution >= 4 is 17.3 Å². The summed E-state index contributed by atoms with van der Waals surface area (Å²) >= 11 is 5.94. The zero-order valence-corrected chi connectivity index (χ0v) is 13.0. The molecular weight excluding hydrogens is 272 g/mol. The second-order valence-electron chi connectivity index (χ2n) is 6.12. The predicted octanol–water partition coefficient (Wildman–Crippen LogP) is 3.70. The van der Waals surface area contributed by atoms with E-state index < -0.39 is 0 Å². The van der Waals surface area contributed by atoms with Crippen molar-refractivity contribution in [3.63, 3.8) is 0 Å². The van der Waals surface area contributed by atoms with Crippen LogP contribution in [0.25, 0.3) is 0 Å². The van der Waals surface area contributed by atoms with Gasteiger partial charge in [0.05, 0.1) is 0 Å². The van der Waals surface area contributed by atoms with Crippen LogP contribution in [0, 0.1) is 5.41 Å².